The van der Waals surface area contributed by atoms with E-state index in [0.717, 1.165) is 6.42 Å². The lowest BCUT2D eigenvalue weighted by atomic mass is 10.1. The van der Waals surface area contributed by atoms with Crippen LogP contribution in [0.1, 0.15) is 26.2 Å². The SMILES string of the molecule is CC1CCC=C1C#CCC#C[Si](C)(C)C. The molecule has 0 aromatic heterocycles. The molecule has 0 radical (unpaired) electrons. The molecule has 0 nitrogen and oxygen atoms in total. The number of hydrogen-bond donors (Lipinski definition) is 0. The van der Waals surface area contributed by atoms with E-state index in [0.29, 0.717) is 5.92 Å². The van der Waals surface area contributed by atoms with Crippen molar-refractivity contribution in [3.63, 3.8) is 0 Å². The fourth-order valence-electron chi connectivity index (χ4n) is 1.52. The highest BCUT2D eigenvalue weighted by Crippen LogP contribution is 2.23. The highest BCUT2D eigenvalue weighted by atomic mass is 28.3. The lowest BCUT2D eigenvalue weighted by Gasteiger charge is -2.02. The summed E-state index contributed by atoms with van der Waals surface area (Å²) < 4.78 is 0. The van der Waals surface area contributed by atoms with E-state index < -0.39 is 8.07 Å². The second-order valence-electron chi connectivity index (χ2n) is 5.17. The number of hydrogen-bond acceptors (Lipinski definition) is 0. The van der Waals surface area contributed by atoms with Gasteiger partial charge in [-0.1, -0.05) is 50.4 Å². The lowest BCUT2D eigenvalue weighted by molar-refractivity contribution is 0.685. The first-order valence-corrected chi connectivity index (χ1v) is 9.18. The summed E-state index contributed by atoms with van der Waals surface area (Å²) in [6, 6.07) is 0. The lowest BCUT2D eigenvalue weighted by Crippen LogP contribution is -2.16. The molecule has 0 aliphatic heterocycles. The Bertz CT molecular complexity index is 360. The van der Waals surface area contributed by atoms with Crippen molar-refractivity contribution in [1.29, 1.82) is 0 Å². The molecule has 1 aliphatic carbocycles. The Hall–Kier alpha value is -0.923. The van der Waals surface area contributed by atoms with Gasteiger partial charge in [-0.2, -0.15) is 0 Å². The van der Waals surface area contributed by atoms with Gasteiger partial charge in [0.05, 0.1) is 6.42 Å². The van der Waals surface area contributed by atoms with Crippen LogP contribution in [0.2, 0.25) is 19.6 Å². The average Bonchev–Trinajstić information content (AvgIpc) is 2.49. The highest BCUT2D eigenvalue weighted by molar-refractivity contribution is 6.83. The summed E-state index contributed by atoms with van der Waals surface area (Å²) in [7, 11) is -1.20. The minimum Gasteiger partial charge on any atom is -0.131 e. The molecule has 0 bridgehead atoms. The van der Waals surface area contributed by atoms with Crippen LogP contribution < -0.4 is 0 Å². The zero-order chi connectivity index (χ0) is 11.3. The monoisotopic (exact) mass is 216 g/mol. The van der Waals surface area contributed by atoms with Crippen LogP contribution in [0.4, 0.5) is 0 Å². The molecule has 0 saturated heterocycles. The third kappa shape index (κ3) is 4.91. The molecule has 0 heterocycles. The molecule has 0 saturated carbocycles. The molecule has 15 heavy (non-hydrogen) atoms. The fraction of sp³-hybridized carbons (Fsp3) is 0.571. The van der Waals surface area contributed by atoms with Gasteiger partial charge in [0.1, 0.15) is 8.07 Å². The van der Waals surface area contributed by atoms with Crippen molar-refractivity contribution in [2.24, 2.45) is 5.92 Å². The zero-order valence-corrected chi connectivity index (χ0v) is 11.3. The van der Waals surface area contributed by atoms with Gasteiger partial charge in [0.25, 0.3) is 0 Å². The van der Waals surface area contributed by atoms with Crippen LogP contribution in [-0.4, -0.2) is 8.07 Å². The quantitative estimate of drug-likeness (QED) is 0.428. The van der Waals surface area contributed by atoms with E-state index in [2.05, 4.69) is 55.9 Å². The standard InChI is InChI=1S/C14H20Si/c1-13-9-8-11-14(13)10-6-5-7-12-15(2,3)4/h11,13H,5,8-9H2,1-4H3. The molecule has 0 N–H and O–H groups in total. The molecule has 1 aliphatic rings. The third-order valence-electron chi connectivity index (χ3n) is 2.37. The molecular weight excluding hydrogens is 196 g/mol. The van der Waals surface area contributed by atoms with Crippen molar-refractivity contribution in [2.45, 2.75) is 45.8 Å². The molecule has 0 aromatic rings. The summed E-state index contributed by atoms with van der Waals surface area (Å²) in [5.74, 6) is 10.2. The average molecular weight is 216 g/mol. The Kier molecular flexibility index (Phi) is 4.24. The van der Waals surface area contributed by atoms with Gasteiger partial charge in [0.2, 0.25) is 0 Å². The normalized spacial score (nSPS) is 19.7. The van der Waals surface area contributed by atoms with E-state index in [1.807, 2.05) is 0 Å². The molecule has 1 atom stereocenters. The van der Waals surface area contributed by atoms with Gasteiger partial charge in [-0.3, -0.25) is 0 Å². The molecule has 0 aromatic carbocycles. The fourth-order valence-corrected chi connectivity index (χ4v) is 2.14. The largest absolute Gasteiger partial charge is 0.131 e. The Morgan fingerprint density at radius 2 is 2.07 bits per heavy atom. The van der Waals surface area contributed by atoms with Gasteiger partial charge in [-0.05, 0) is 18.8 Å². The van der Waals surface area contributed by atoms with Crippen molar-refractivity contribution in [3.05, 3.63) is 11.6 Å². The van der Waals surface area contributed by atoms with Crippen molar-refractivity contribution in [3.8, 4) is 23.3 Å². The van der Waals surface area contributed by atoms with E-state index in [1.165, 1.54) is 18.4 Å². The van der Waals surface area contributed by atoms with Crippen LogP contribution in [0.5, 0.6) is 0 Å². The molecular formula is C14H20Si. The van der Waals surface area contributed by atoms with Crippen molar-refractivity contribution in [1.82, 2.24) is 0 Å². The smallest absolute Gasteiger partial charge is 0.129 e. The van der Waals surface area contributed by atoms with Crippen molar-refractivity contribution < 1.29 is 0 Å². The summed E-state index contributed by atoms with van der Waals surface area (Å²) >= 11 is 0. The molecule has 0 amide bonds. The molecule has 1 unspecified atom stereocenters. The summed E-state index contributed by atoms with van der Waals surface area (Å²) in [4.78, 5) is 0. The van der Waals surface area contributed by atoms with E-state index in [1.54, 1.807) is 0 Å². The zero-order valence-electron chi connectivity index (χ0n) is 10.3. The minimum atomic E-state index is -1.20. The first kappa shape index (κ1) is 12.1. The van der Waals surface area contributed by atoms with E-state index in [4.69, 9.17) is 0 Å². The van der Waals surface area contributed by atoms with E-state index in [9.17, 15) is 0 Å². The van der Waals surface area contributed by atoms with Crippen LogP contribution in [-0.2, 0) is 0 Å². The maximum Gasteiger partial charge on any atom is 0.129 e. The predicted octanol–water partition coefficient (Wildman–Crippen LogP) is 3.62. The Morgan fingerprint density at radius 1 is 1.33 bits per heavy atom. The van der Waals surface area contributed by atoms with Crippen LogP contribution in [0, 0.1) is 29.2 Å². The van der Waals surface area contributed by atoms with Crippen LogP contribution >= 0.6 is 0 Å². The third-order valence-corrected chi connectivity index (χ3v) is 3.29. The summed E-state index contributed by atoms with van der Waals surface area (Å²) in [6.45, 7) is 9.03. The van der Waals surface area contributed by atoms with E-state index in [-0.39, 0.29) is 0 Å². The van der Waals surface area contributed by atoms with E-state index >= 15 is 0 Å². The van der Waals surface area contributed by atoms with Crippen molar-refractivity contribution >= 4 is 8.07 Å². The minimum absolute atomic E-state index is 0.669. The topological polar surface area (TPSA) is 0 Å². The highest BCUT2D eigenvalue weighted by Gasteiger charge is 2.11. The first-order chi connectivity index (χ1) is 6.99. The Labute approximate surface area is 95.2 Å². The first-order valence-electron chi connectivity index (χ1n) is 5.68. The maximum atomic E-state index is 3.33. The van der Waals surface area contributed by atoms with Gasteiger partial charge in [-0.25, -0.2) is 0 Å². The van der Waals surface area contributed by atoms with Gasteiger partial charge < -0.3 is 0 Å². The molecule has 1 heteroatoms. The summed E-state index contributed by atoms with van der Waals surface area (Å²) in [5.41, 5.74) is 4.65. The van der Waals surface area contributed by atoms with Gasteiger partial charge in [0, 0.05) is 5.57 Å². The van der Waals surface area contributed by atoms with Crippen LogP contribution in [0.3, 0.4) is 0 Å². The van der Waals surface area contributed by atoms with Crippen molar-refractivity contribution in [2.75, 3.05) is 0 Å². The summed E-state index contributed by atoms with van der Waals surface area (Å²) in [6.07, 6.45) is 5.47. The summed E-state index contributed by atoms with van der Waals surface area (Å²) in [5, 5.41) is 0. The molecule has 0 spiro atoms. The molecule has 0 fully saturated rings. The van der Waals surface area contributed by atoms with Crippen LogP contribution in [0.25, 0.3) is 0 Å². The second kappa shape index (κ2) is 5.24. The van der Waals surface area contributed by atoms with Gasteiger partial charge >= 0.3 is 0 Å². The Morgan fingerprint density at radius 3 is 2.60 bits per heavy atom. The maximum absolute atomic E-state index is 3.33. The predicted molar refractivity (Wildman–Crippen MR) is 70.0 cm³/mol. The van der Waals surface area contributed by atoms with Gasteiger partial charge in [0.15, 0.2) is 0 Å². The van der Waals surface area contributed by atoms with Gasteiger partial charge in [-0.15, -0.1) is 5.54 Å². The Balaban J connectivity index is 2.43. The molecule has 80 valence electrons. The number of rotatable bonds is 0. The number of allylic oxidation sites excluding steroid dienone is 2. The molecule has 1 rings (SSSR count). The second-order valence-corrected chi connectivity index (χ2v) is 9.92. The van der Waals surface area contributed by atoms with Crippen LogP contribution in [0.15, 0.2) is 11.6 Å².